The largest absolute Gasteiger partial charge is 0.497 e. The minimum atomic E-state index is 0.569. The van der Waals surface area contributed by atoms with Crippen molar-refractivity contribution in [3.05, 3.63) is 70.0 Å². The number of aryl methyl sites for hydroxylation is 1. The van der Waals surface area contributed by atoms with E-state index in [-0.39, 0.29) is 0 Å². The van der Waals surface area contributed by atoms with E-state index in [4.69, 9.17) is 4.74 Å². The van der Waals surface area contributed by atoms with Crippen molar-refractivity contribution in [2.24, 2.45) is 0 Å². The number of ether oxygens (including phenoxy) is 1. The van der Waals surface area contributed by atoms with Crippen molar-refractivity contribution in [3.8, 4) is 23.1 Å². The number of allylic oxidation sites excluding steroid dienone is 1. The van der Waals surface area contributed by atoms with Gasteiger partial charge in [0.25, 0.3) is 0 Å². The molecule has 0 aliphatic heterocycles. The average Bonchev–Trinajstić information content (AvgIpc) is 3.10. The zero-order valence-electron chi connectivity index (χ0n) is 13.5. The van der Waals surface area contributed by atoms with Crippen LogP contribution in [0.5, 0.6) is 5.75 Å². The monoisotopic (exact) mass is 332 g/mol. The molecule has 3 rings (SSSR count). The molecule has 2 aromatic carbocycles. The van der Waals surface area contributed by atoms with Gasteiger partial charge in [0.1, 0.15) is 16.8 Å². The summed E-state index contributed by atoms with van der Waals surface area (Å²) in [5, 5.41) is 12.2. The predicted molar refractivity (Wildman–Crippen MR) is 98.8 cm³/mol. The van der Waals surface area contributed by atoms with E-state index in [1.54, 1.807) is 7.11 Å². The van der Waals surface area contributed by atoms with Crippen LogP contribution in [0.1, 0.15) is 16.1 Å². The van der Waals surface area contributed by atoms with E-state index in [1.807, 2.05) is 66.9 Å². The Kier molecular flexibility index (Phi) is 4.74. The molecule has 0 atom stereocenters. The van der Waals surface area contributed by atoms with Gasteiger partial charge < -0.3 is 4.74 Å². The molecule has 118 valence electrons. The first-order chi connectivity index (χ1) is 11.7. The minimum Gasteiger partial charge on any atom is -0.497 e. The van der Waals surface area contributed by atoms with Crippen LogP contribution in [0.3, 0.4) is 0 Å². The van der Waals surface area contributed by atoms with Crippen LogP contribution in [-0.2, 0) is 0 Å². The number of aromatic nitrogens is 1. The van der Waals surface area contributed by atoms with Crippen molar-refractivity contribution in [1.82, 2.24) is 4.98 Å². The molecule has 0 spiro atoms. The van der Waals surface area contributed by atoms with E-state index in [1.165, 1.54) is 11.3 Å². The number of thiazole rings is 1. The maximum Gasteiger partial charge on any atom is 0.134 e. The van der Waals surface area contributed by atoms with Crippen LogP contribution in [0, 0.1) is 18.3 Å². The van der Waals surface area contributed by atoms with Crippen molar-refractivity contribution < 1.29 is 4.74 Å². The van der Waals surface area contributed by atoms with Gasteiger partial charge >= 0.3 is 0 Å². The lowest BCUT2D eigenvalue weighted by Crippen LogP contribution is -1.85. The fraction of sp³-hybridized carbons (Fsp3) is 0.100. The van der Waals surface area contributed by atoms with Gasteiger partial charge in [-0.25, -0.2) is 4.98 Å². The molecule has 0 saturated heterocycles. The van der Waals surface area contributed by atoms with Crippen molar-refractivity contribution in [1.29, 1.82) is 5.26 Å². The fourth-order valence-corrected chi connectivity index (χ4v) is 3.18. The van der Waals surface area contributed by atoms with Crippen LogP contribution in [0.15, 0.2) is 53.9 Å². The summed E-state index contributed by atoms with van der Waals surface area (Å²) in [4.78, 5) is 4.62. The molecule has 0 aliphatic carbocycles. The van der Waals surface area contributed by atoms with Crippen molar-refractivity contribution in [2.45, 2.75) is 6.92 Å². The highest BCUT2D eigenvalue weighted by Gasteiger charge is 2.09. The lowest BCUT2D eigenvalue weighted by atomic mass is 10.1. The summed E-state index contributed by atoms with van der Waals surface area (Å²) in [6, 6.07) is 18.1. The Labute approximate surface area is 145 Å². The minimum absolute atomic E-state index is 0.569. The van der Waals surface area contributed by atoms with Gasteiger partial charge in [0.15, 0.2) is 0 Å². The van der Waals surface area contributed by atoms with Crippen LogP contribution in [0.25, 0.3) is 22.9 Å². The van der Waals surface area contributed by atoms with Crippen LogP contribution in [0.4, 0.5) is 0 Å². The molecule has 0 N–H and O–H groups in total. The van der Waals surface area contributed by atoms with Crippen LogP contribution in [0.2, 0.25) is 0 Å². The molecular weight excluding hydrogens is 316 g/mol. The maximum absolute atomic E-state index is 9.50. The molecular formula is C20H16N2OS. The summed E-state index contributed by atoms with van der Waals surface area (Å²) >= 11 is 1.47. The molecule has 0 aliphatic rings. The molecule has 1 heterocycles. The Bertz CT molecular complexity index is 935. The molecule has 1 aromatic heterocycles. The first-order valence-electron chi connectivity index (χ1n) is 7.48. The second kappa shape index (κ2) is 7.12. The van der Waals surface area contributed by atoms with Crippen molar-refractivity contribution in [3.63, 3.8) is 0 Å². The number of nitriles is 1. The first kappa shape index (κ1) is 16.0. The Morgan fingerprint density at radius 2 is 2.04 bits per heavy atom. The predicted octanol–water partition coefficient (Wildman–Crippen LogP) is 5.19. The zero-order chi connectivity index (χ0) is 16.9. The number of hydrogen-bond acceptors (Lipinski definition) is 4. The number of nitrogens with zero attached hydrogens (tertiary/aromatic N) is 2. The number of benzene rings is 2. The summed E-state index contributed by atoms with van der Waals surface area (Å²) in [6.45, 7) is 2.04. The lowest BCUT2D eigenvalue weighted by molar-refractivity contribution is 0.415. The topological polar surface area (TPSA) is 45.9 Å². The molecule has 0 radical (unpaired) electrons. The SMILES string of the molecule is COc1cccc(-c2csc(C(C#N)=Cc3cccc(C)c3)n2)c1. The van der Waals surface area contributed by atoms with Gasteiger partial charge in [-0.2, -0.15) is 5.26 Å². The third-order valence-electron chi connectivity index (χ3n) is 3.57. The lowest BCUT2D eigenvalue weighted by Gasteiger charge is -2.01. The highest BCUT2D eigenvalue weighted by molar-refractivity contribution is 7.11. The van der Waals surface area contributed by atoms with Crippen LogP contribution in [-0.4, -0.2) is 12.1 Å². The Morgan fingerprint density at radius 3 is 2.79 bits per heavy atom. The van der Waals surface area contributed by atoms with Gasteiger partial charge in [-0.15, -0.1) is 11.3 Å². The Hall–Kier alpha value is -2.90. The molecule has 24 heavy (non-hydrogen) atoms. The molecule has 0 fully saturated rings. The van der Waals surface area contributed by atoms with Gasteiger partial charge in [0.05, 0.1) is 18.4 Å². The first-order valence-corrected chi connectivity index (χ1v) is 8.36. The zero-order valence-corrected chi connectivity index (χ0v) is 14.3. The van der Waals surface area contributed by atoms with Crippen molar-refractivity contribution in [2.75, 3.05) is 7.11 Å². The summed E-state index contributed by atoms with van der Waals surface area (Å²) in [7, 11) is 1.64. The van der Waals surface area contributed by atoms with Gasteiger partial charge in [0.2, 0.25) is 0 Å². The van der Waals surface area contributed by atoms with Gasteiger partial charge in [-0.1, -0.05) is 42.0 Å². The van der Waals surface area contributed by atoms with E-state index in [0.29, 0.717) is 5.57 Å². The quantitative estimate of drug-likeness (QED) is 0.618. The smallest absolute Gasteiger partial charge is 0.134 e. The summed E-state index contributed by atoms with van der Waals surface area (Å²) in [5.74, 6) is 0.790. The van der Waals surface area contributed by atoms with E-state index in [0.717, 1.165) is 33.1 Å². The van der Waals surface area contributed by atoms with Crippen LogP contribution >= 0.6 is 11.3 Å². The molecule has 3 aromatic rings. The Morgan fingerprint density at radius 1 is 1.21 bits per heavy atom. The fourth-order valence-electron chi connectivity index (χ4n) is 2.38. The van der Waals surface area contributed by atoms with E-state index < -0.39 is 0 Å². The molecule has 0 unspecified atom stereocenters. The second-order valence-corrected chi connectivity index (χ2v) is 6.21. The third-order valence-corrected chi connectivity index (χ3v) is 4.45. The highest BCUT2D eigenvalue weighted by Crippen LogP contribution is 2.29. The standard InChI is InChI=1S/C20H16N2OS/c1-14-5-3-6-15(9-14)10-17(12-21)20-22-19(13-24-20)16-7-4-8-18(11-16)23-2/h3-11,13H,1-2H3. The Balaban J connectivity index is 1.95. The molecule has 0 bridgehead atoms. The molecule has 4 heteroatoms. The summed E-state index contributed by atoms with van der Waals surface area (Å²) < 4.78 is 5.25. The van der Waals surface area contributed by atoms with Gasteiger partial charge in [-0.3, -0.25) is 0 Å². The molecule has 0 amide bonds. The van der Waals surface area contributed by atoms with Gasteiger partial charge in [0, 0.05) is 10.9 Å². The van der Waals surface area contributed by atoms with Crippen LogP contribution < -0.4 is 4.74 Å². The van der Waals surface area contributed by atoms with E-state index in [9.17, 15) is 5.26 Å². The summed E-state index contributed by atoms with van der Waals surface area (Å²) in [6.07, 6.45) is 1.88. The third kappa shape index (κ3) is 3.53. The second-order valence-electron chi connectivity index (χ2n) is 5.35. The van der Waals surface area contributed by atoms with E-state index >= 15 is 0 Å². The van der Waals surface area contributed by atoms with E-state index in [2.05, 4.69) is 11.1 Å². The normalized spacial score (nSPS) is 11.1. The van der Waals surface area contributed by atoms with Crippen molar-refractivity contribution >= 4 is 23.0 Å². The van der Waals surface area contributed by atoms with Gasteiger partial charge in [-0.05, 0) is 30.7 Å². The number of hydrogen-bond donors (Lipinski definition) is 0. The summed E-state index contributed by atoms with van der Waals surface area (Å²) in [5.41, 5.74) is 4.56. The maximum atomic E-state index is 9.50. The highest BCUT2D eigenvalue weighted by atomic mass is 32.1. The molecule has 0 saturated carbocycles. The molecule has 3 nitrogen and oxygen atoms in total. The number of rotatable bonds is 4. The average molecular weight is 332 g/mol. The number of methoxy groups -OCH3 is 1.